The van der Waals surface area contributed by atoms with Gasteiger partial charge < -0.3 is 9.84 Å². The van der Waals surface area contributed by atoms with Crippen LogP contribution < -0.4 is 4.74 Å². The van der Waals surface area contributed by atoms with E-state index in [1.54, 1.807) is 12.1 Å². The fraction of sp³-hybridized carbons (Fsp3) is 0.462. The Kier molecular flexibility index (Phi) is 4.29. The third-order valence-electron chi connectivity index (χ3n) is 3.23. The lowest BCUT2D eigenvalue weighted by atomic mass is 10.2. The number of hydrogen-bond acceptors (Lipinski definition) is 4. The second-order valence-electron chi connectivity index (χ2n) is 4.69. The Morgan fingerprint density at radius 1 is 1.45 bits per heavy atom. The summed E-state index contributed by atoms with van der Waals surface area (Å²) in [6.45, 7) is 0.759. The molecular formula is C13H17NO5S. The van der Waals surface area contributed by atoms with Gasteiger partial charge in [0.25, 0.3) is 0 Å². The normalized spacial score (nSPS) is 14.1. The molecule has 0 amide bonds. The maximum Gasteiger partial charge on any atom is 0.303 e. The van der Waals surface area contributed by atoms with Crippen LogP contribution in [-0.4, -0.2) is 44.0 Å². The summed E-state index contributed by atoms with van der Waals surface area (Å²) in [6, 6.07) is 4.82. The molecule has 110 valence electrons. The van der Waals surface area contributed by atoms with E-state index >= 15 is 0 Å². The summed E-state index contributed by atoms with van der Waals surface area (Å²) in [5, 5.41) is 8.57. The van der Waals surface area contributed by atoms with Crippen LogP contribution in [0, 0.1) is 0 Å². The first-order valence-corrected chi connectivity index (χ1v) is 7.79. The highest BCUT2D eigenvalue weighted by molar-refractivity contribution is 7.89. The minimum atomic E-state index is -3.57. The summed E-state index contributed by atoms with van der Waals surface area (Å²) in [6.07, 6.45) is 0.957. The molecule has 0 atom stereocenters. The van der Waals surface area contributed by atoms with Gasteiger partial charge in [-0.1, -0.05) is 0 Å². The van der Waals surface area contributed by atoms with Gasteiger partial charge in [0.2, 0.25) is 10.0 Å². The lowest BCUT2D eigenvalue weighted by Crippen LogP contribution is -2.28. The molecule has 1 aliphatic rings. The van der Waals surface area contributed by atoms with E-state index in [0.29, 0.717) is 19.4 Å². The molecule has 7 heteroatoms. The lowest BCUT2D eigenvalue weighted by Gasteiger charge is -2.17. The van der Waals surface area contributed by atoms with Crippen molar-refractivity contribution < 1.29 is 23.1 Å². The van der Waals surface area contributed by atoms with Gasteiger partial charge in [0.05, 0.1) is 11.5 Å². The molecule has 0 aliphatic carbocycles. The highest BCUT2D eigenvalue weighted by atomic mass is 32.2. The first-order valence-electron chi connectivity index (χ1n) is 6.35. The topological polar surface area (TPSA) is 83.9 Å². The molecule has 0 fully saturated rings. The van der Waals surface area contributed by atoms with Crippen LogP contribution in [0.15, 0.2) is 23.1 Å². The number of fused-ring (bicyclic) bond motifs is 1. The van der Waals surface area contributed by atoms with Crippen molar-refractivity contribution in [3.63, 3.8) is 0 Å². The number of nitrogens with zero attached hydrogens (tertiary/aromatic N) is 1. The number of sulfonamides is 1. The largest absolute Gasteiger partial charge is 0.493 e. The summed E-state index contributed by atoms with van der Waals surface area (Å²) in [7, 11) is -2.11. The van der Waals surface area contributed by atoms with Crippen molar-refractivity contribution in [1.29, 1.82) is 0 Å². The highest BCUT2D eigenvalue weighted by Crippen LogP contribution is 2.28. The summed E-state index contributed by atoms with van der Waals surface area (Å²) in [4.78, 5) is 10.7. The van der Waals surface area contributed by atoms with Crippen LogP contribution >= 0.6 is 0 Å². The molecule has 20 heavy (non-hydrogen) atoms. The lowest BCUT2D eigenvalue weighted by molar-refractivity contribution is -0.137. The van der Waals surface area contributed by atoms with Gasteiger partial charge in [-0.2, -0.15) is 0 Å². The Bertz CT molecular complexity index is 611. The SMILES string of the molecule is CN(CCCC(=O)O)S(=O)(=O)c1ccc2c(c1)CCO2. The zero-order valence-electron chi connectivity index (χ0n) is 11.2. The van der Waals surface area contributed by atoms with E-state index < -0.39 is 16.0 Å². The number of carboxylic acid groups (broad SMARTS) is 1. The van der Waals surface area contributed by atoms with E-state index in [4.69, 9.17) is 9.84 Å². The second kappa shape index (κ2) is 5.80. The van der Waals surface area contributed by atoms with Gasteiger partial charge in [-0.25, -0.2) is 12.7 Å². The Morgan fingerprint density at radius 2 is 2.20 bits per heavy atom. The summed E-state index contributed by atoms with van der Waals surface area (Å²) >= 11 is 0. The van der Waals surface area contributed by atoms with E-state index in [-0.39, 0.29) is 17.9 Å². The van der Waals surface area contributed by atoms with E-state index in [1.807, 2.05) is 0 Å². The van der Waals surface area contributed by atoms with Gasteiger partial charge in [0, 0.05) is 26.4 Å². The van der Waals surface area contributed by atoms with Crippen molar-refractivity contribution in [3.8, 4) is 5.75 Å². The van der Waals surface area contributed by atoms with Crippen molar-refractivity contribution in [2.45, 2.75) is 24.2 Å². The van der Waals surface area contributed by atoms with Crippen molar-refractivity contribution in [2.24, 2.45) is 0 Å². The molecule has 1 heterocycles. The number of hydrogen-bond donors (Lipinski definition) is 1. The van der Waals surface area contributed by atoms with Gasteiger partial charge in [0.1, 0.15) is 5.75 Å². The van der Waals surface area contributed by atoms with Crippen LogP contribution in [0.25, 0.3) is 0 Å². The molecule has 0 unspecified atom stereocenters. The van der Waals surface area contributed by atoms with Crippen molar-refractivity contribution in [1.82, 2.24) is 4.31 Å². The monoisotopic (exact) mass is 299 g/mol. The standard InChI is InChI=1S/C13H17NO5S/c1-14(7-2-3-13(15)16)20(17,18)11-4-5-12-10(9-11)6-8-19-12/h4-5,9H,2-3,6-8H2,1H3,(H,15,16). The van der Waals surface area contributed by atoms with Crippen molar-refractivity contribution in [3.05, 3.63) is 23.8 Å². The molecular weight excluding hydrogens is 282 g/mol. The van der Waals surface area contributed by atoms with Crippen LogP contribution in [0.2, 0.25) is 0 Å². The van der Waals surface area contributed by atoms with Gasteiger partial charge in [-0.15, -0.1) is 0 Å². The fourth-order valence-corrected chi connectivity index (χ4v) is 3.34. The van der Waals surface area contributed by atoms with Crippen LogP contribution in [0.1, 0.15) is 18.4 Å². The molecule has 1 aromatic rings. The zero-order chi connectivity index (χ0) is 14.8. The molecule has 6 nitrogen and oxygen atoms in total. The maximum absolute atomic E-state index is 12.3. The summed E-state index contributed by atoms with van der Waals surface area (Å²) in [5.41, 5.74) is 0.894. The van der Waals surface area contributed by atoms with Gasteiger partial charge >= 0.3 is 5.97 Å². The van der Waals surface area contributed by atoms with Crippen LogP contribution in [0.5, 0.6) is 5.75 Å². The molecule has 0 bridgehead atoms. The molecule has 1 N–H and O–H groups in total. The first kappa shape index (κ1) is 14.8. The molecule has 0 saturated heterocycles. The average molecular weight is 299 g/mol. The molecule has 0 saturated carbocycles. The Balaban J connectivity index is 2.11. The van der Waals surface area contributed by atoms with E-state index in [9.17, 15) is 13.2 Å². The predicted molar refractivity (Wildman–Crippen MR) is 72.3 cm³/mol. The quantitative estimate of drug-likeness (QED) is 0.850. The Morgan fingerprint density at radius 3 is 2.90 bits per heavy atom. The minimum absolute atomic E-state index is 0.0438. The first-order chi connectivity index (χ1) is 9.41. The third-order valence-corrected chi connectivity index (χ3v) is 5.09. The van der Waals surface area contributed by atoms with Gasteiger partial charge in [-0.3, -0.25) is 4.79 Å². The number of aliphatic carboxylic acids is 1. The van der Waals surface area contributed by atoms with E-state index in [2.05, 4.69) is 0 Å². The molecule has 0 spiro atoms. The van der Waals surface area contributed by atoms with Gasteiger partial charge in [0.15, 0.2) is 0 Å². The van der Waals surface area contributed by atoms with Crippen LogP contribution in [0.3, 0.4) is 0 Å². The Labute approximate surface area is 118 Å². The van der Waals surface area contributed by atoms with E-state index in [0.717, 1.165) is 11.3 Å². The van der Waals surface area contributed by atoms with Crippen molar-refractivity contribution >= 4 is 16.0 Å². The second-order valence-corrected chi connectivity index (χ2v) is 6.74. The molecule has 2 rings (SSSR count). The number of rotatable bonds is 6. The summed E-state index contributed by atoms with van der Waals surface area (Å²) in [5.74, 6) is -0.192. The molecule has 1 aromatic carbocycles. The van der Waals surface area contributed by atoms with Crippen LogP contribution in [-0.2, 0) is 21.2 Å². The predicted octanol–water partition coefficient (Wildman–Crippen LogP) is 1.11. The molecule has 0 radical (unpaired) electrons. The molecule has 0 aromatic heterocycles. The number of benzene rings is 1. The zero-order valence-corrected chi connectivity index (χ0v) is 12.0. The van der Waals surface area contributed by atoms with Crippen molar-refractivity contribution in [2.75, 3.05) is 20.2 Å². The summed E-state index contributed by atoms with van der Waals surface area (Å²) < 4.78 is 31.2. The van der Waals surface area contributed by atoms with Crippen LogP contribution in [0.4, 0.5) is 0 Å². The smallest absolute Gasteiger partial charge is 0.303 e. The average Bonchev–Trinajstić information content (AvgIpc) is 2.85. The minimum Gasteiger partial charge on any atom is -0.493 e. The number of ether oxygens (including phenoxy) is 1. The highest BCUT2D eigenvalue weighted by Gasteiger charge is 2.23. The number of carboxylic acids is 1. The number of carbonyl (C=O) groups is 1. The Hall–Kier alpha value is -1.60. The maximum atomic E-state index is 12.3. The van der Waals surface area contributed by atoms with Gasteiger partial charge in [-0.05, 0) is 30.2 Å². The van der Waals surface area contributed by atoms with E-state index in [1.165, 1.54) is 17.4 Å². The third kappa shape index (κ3) is 3.10. The molecule has 1 aliphatic heterocycles. The fourth-order valence-electron chi connectivity index (χ4n) is 2.08.